The third-order valence-corrected chi connectivity index (χ3v) is 2.42. The Balaban J connectivity index is 1.76. The zero-order valence-corrected chi connectivity index (χ0v) is 9.22. The van der Waals surface area contributed by atoms with E-state index in [1.165, 1.54) is 5.56 Å². The largest absolute Gasteiger partial charge is 0.312 e. The first-order valence-electron chi connectivity index (χ1n) is 5.34. The van der Waals surface area contributed by atoms with E-state index < -0.39 is 0 Å². The molecule has 16 heavy (non-hydrogen) atoms. The van der Waals surface area contributed by atoms with Gasteiger partial charge in [0, 0.05) is 19.0 Å². The Morgan fingerprint density at radius 1 is 1.31 bits per heavy atom. The average Bonchev–Trinajstić information content (AvgIpc) is 2.84. The van der Waals surface area contributed by atoms with E-state index in [1.54, 1.807) is 0 Å². The first-order valence-corrected chi connectivity index (χ1v) is 5.34. The molecule has 0 aliphatic heterocycles. The fourth-order valence-electron chi connectivity index (χ4n) is 1.50. The van der Waals surface area contributed by atoms with Crippen LogP contribution in [0.4, 0.5) is 0 Å². The van der Waals surface area contributed by atoms with Gasteiger partial charge in [-0.25, -0.2) is 0 Å². The van der Waals surface area contributed by atoms with Gasteiger partial charge in [-0.2, -0.15) is 5.21 Å². The minimum atomic E-state index is 0.266. The van der Waals surface area contributed by atoms with E-state index in [0.29, 0.717) is 0 Å². The van der Waals surface area contributed by atoms with Crippen LogP contribution in [-0.4, -0.2) is 27.2 Å². The number of tetrazole rings is 1. The van der Waals surface area contributed by atoms with Gasteiger partial charge in [0.1, 0.15) is 0 Å². The molecule has 2 N–H and O–H groups in total. The summed E-state index contributed by atoms with van der Waals surface area (Å²) in [5.41, 5.74) is 1.28. The van der Waals surface area contributed by atoms with Crippen molar-refractivity contribution in [2.45, 2.75) is 19.4 Å². The van der Waals surface area contributed by atoms with E-state index in [9.17, 15) is 0 Å². The highest BCUT2D eigenvalue weighted by Gasteiger charge is 2.08. The van der Waals surface area contributed by atoms with Crippen LogP contribution in [0.25, 0.3) is 0 Å². The van der Waals surface area contributed by atoms with Crippen molar-refractivity contribution in [3.8, 4) is 0 Å². The molecule has 84 valence electrons. The fourth-order valence-corrected chi connectivity index (χ4v) is 1.50. The van der Waals surface area contributed by atoms with Crippen molar-refractivity contribution < 1.29 is 0 Å². The Labute approximate surface area is 94.3 Å². The van der Waals surface area contributed by atoms with Crippen molar-refractivity contribution in [3.05, 3.63) is 41.7 Å². The molecule has 0 spiro atoms. The number of H-pyrrole nitrogens is 1. The molecule has 0 aliphatic rings. The molecule has 1 aromatic heterocycles. The quantitative estimate of drug-likeness (QED) is 0.787. The number of nitrogens with one attached hydrogen (secondary N) is 2. The summed E-state index contributed by atoms with van der Waals surface area (Å²) >= 11 is 0. The molecule has 5 nitrogen and oxygen atoms in total. The summed E-state index contributed by atoms with van der Waals surface area (Å²) in [6, 6.07) is 10.3. The standard InChI is InChI=1S/C11H15N5/c1-9(11-13-15-16-14-11)7-12-8-10-5-3-2-4-6-10/h2-6,9,12H,7-8H2,1H3,(H,13,14,15,16). The lowest BCUT2D eigenvalue weighted by atomic mass is 10.1. The highest BCUT2D eigenvalue weighted by atomic mass is 15.5. The summed E-state index contributed by atoms with van der Waals surface area (Å²) in [6.45, 7) is 3.78. The Morgan fingerprint density at radius 2 is 2.12 bits per heavy atom. The van der Waals surface area contributed by atoms with Gasteiger partial charge in [-0.1, -0.05) is 42.5 Å². The SMILES string of the molecule is CC(CNCc1ccccc1)c1nn[nH]n1. The Hall–Kier alpha value is -1.75. The van der Waals surface area contributed by atoms with Gasteiger partial charge in [0.2, 0.25) is 0 Å². The predicted octanol–water partition coefficient (Wildman–Crippen LogP) is 1.09. The Bertz CT molecular complexity index is 398. The summed E-state index contributed by atoms with van der Waals surface area (Å²) < 4.78 is 0. The Kier molecular flexibility index (Phi) is 3.61. The topological polar surface area (TPSA) is 66.5 Å². The molecule has 0 bridgehead atoms. The van der Waals surface area contributed by atoms with Crippen LogP contribution >= 0.6 is 0 Å². The zero-order valence-electron chi connectivity index (χ0n) is 9.22. The van der Waals surface area contributed by atoms with Crippen LogP contribution in [0.5, 0.6) is 0 Å². The van der Waals surface area contributed by atoms with E-state index in [0.717, 1.165) is 18.9 Å². The van der Waals surface area contributed by atoms with Crippen molar-refractivity contribution in [2.75, 3.05) is 6.54 Å². The number of hydrogen-bond acceptors (Lipinski definition) is 4. The van der Waals surface area contributed by atoms with Gasteiger partial charge in [-0.15, -0.1) is 10.2 Å². The highest BCUT2D eigenvalue weighted by Crippen LogP contribution is 2.06. The molecular weight excluding hydrogens is 202 g/mol. The van der Waals surface area contributed by atoms with Crippen molar-refractivity contribution in [3.63, 3.8) is 0 Å². The number of aromatic nitrogens is 4. The second-order valence-electron chi connectivity index (χ2n) is 3.79. The van der Waals surface area contributed by atoms with E-state index >= 15 is 0 Å². The van der Waals surface area contributed by atoms with Crippen LogP contribution in [0, 0.1) is 0 Å². The normalized spacial score (nSPS) is 12.6. The number of benzene rings is 1. The molecule has 1 atom stereocenters. The molecule has 1 heterocycles. The molecular formula is C11H15N5. The van der Waals surface area contributed by atoms with Gasteiger partial charge in [0.25, 0.3) is 0 Å². The summed E-state index contributed by atoms with van der Waals surface area (Å²) in [7, 11) is 0. The molecule has 0 saturated heterocycles. The summed E-state index contributed by atoms with van der Waals surface area (Å²) in [5, 5.41) is 17.3. The molecule has 0 saturated carbocycles. The second-order valence-corrected chi connectivity index (χ2v) is 3.79. The lowest BCUT2D eigenvalue weighted by Crippen LogP contribution is -2.20. The van der Waals surface area contributed by atoms with Gasteiger partial charge in [0.15, 0.2) is 5.82 Å². The predicted molar refractivity (Wildman–Crippen MR) is 60.7 cm³/mol. The van der Waals surface area contributed by atoms with Crippen LogP contribution < -0.4 is 5.32 Å². The van der Waals surface area contributed by atoms with Gasteiger partial charge >= 0.3 is 0 Å². The molecule has 1 aromatic carbocycles. The average molecular weight is 217 g/mol. The maximum atomic E-state index is 3.95. The molecule has 0 amide bonds. The maximum Gasteiger partial charge on any atom is 0.178 e. The number of aromatic amines is 1. The minimum Gasteiger partial charge on any atom is -0.312 e. The van der Waals surface area contributed by atoms with Gasteiger partial charge < -0.3 is 5.32 Å². The van der Waals surface area contributed by atoms with Crippen LogP contribution in [-0.2, 0) is 6.54 Å². The van der Waals surface area contributed by atoms with Crippen molar-refractivity contribution in [1.29, 1.82) is 0 Å². The Morgan fingerprint density at radius 3 is 2.81 bits per heavy atom. The molecule has 0 radical (unpaired) electrons. The lowest BCUT2D eigenvalue weighted by Gasteiger charge is -2.08. The number of rotatable bonds is 5. The molecule has 0 aliphatic carbocycles. The minimum absolute atomic E-state index is 0.266. The smallest absolute Gasteiger partial charge is 0.178 e. The van der Waals surface area contributed by atoms with E-state index in [4.69, 9.17) is 0 Å². The molecule has 5 heteroatoms. The molecule has 2 rings (SSSR count). The molecule has 1 unspecified atom stereocenters. The number of nitrogens with zero attached hydrogens (tertiary/aromatic N) is 3. The molecule has 2 aromatic rings. The zero-order chi connectivity index (χ0) is 11.2. The molecule has 0 fully saturated rings. The van der Waals surface area contributed by atoms with Crippen LogP contribution in [0.15, 0.2) is 30.3 Å². The van der Waals surface area contributed by atoms with E-state index in [1.807, 2.05) is 18.2 Å². The van der Waals surface area contributed by atoms with Gasteiger partial charge in [-0.3, -0.25) is 0 Å². The van der Waals surface area contributed by atoms with Gasteiger partial charge in [-0.05, 0) is 5.56 Å². The summed E-state index contributed by atoms with van der Waals surface area (Å²) in [4.78, 5) is 0. The highest BCUT2D eigenvalue weighted by molar-refractivity contribution is 5.14. The van der Waals surface area contributed by atoms with Crippen LogP contribution in [0.1, 0.15) is 24.2 Å². The number of hydrogen-bond donors (Lipinski definition) is 2. The first kappa shape index (κ1) is 10.8. The third kappa shape index (κ3) is 2.87. The van der Waals surface area contributed by atoms with Crippen molar-refractivity contribution >= 4 is 0 Å². The van der Waals surface area contributed by atoms with E-state index in [2.05, 4.69) is 45.0 Å². The van der Waals surface area contributed by atoms with Crippen LogP contribution in [0.3, 0.4) is 0 Å². The first-order chi connectivity index (χ1) is 7.86. The third-order valence-electron chi connectivity index (χ3n) is 2.42. The van der Waals surface area contributed by atoms with Crippen molar-refractivity contribution in [1.82, 2.24) is 25.9 Å². The monoisotopic (exact) mass is 217 g/mol. The maximum absolute atomic E-state index is 3.95. The summed E-state index contributed by atoms with van der Waals surface area (Å²) in [6.07, 6.45) is 0. The van der Waals surface area contributed by atoms with E-state index in [-0.39, 0.29) is 5.92 Å². The van der Waals surface area contributed by atoms with Gasteiger partial charge in [0.05, 0.1) is 0 Å². The lowest BCUT2D eigenvalue weighted by molar-refractivity contribution is 0.592. The van der Waals surface area contributed by atoms with Crippen molar-refractivity contribution in [2.24, 2.45) is 0 Å². The second kappa shape index (κ2) is 5.37. The van der Waals surface area contributed by atoms with Crippen LogP contribution in [0.2, 0.25) is 0 Å². The summed E-state index contributed by atoms with van der Waals surface area (Å²) in [5.74, 6) is 1.02. The fraction of sp³-hybridized carbons (Fsp3) is 0.364.